The smallest absolute Gasteiger partial charge is 0.267 e. The first-order valence-corrected chi connectivity index (χ1v) is 6.47. The molecule has 5 nitrogen and oxygen atoms in total. The largest absolute Gasteiger partial charge is 0.508 e. The van der Waals surface area contributed by atoms with Gasteiger partial charge in [-0.15, -0.1) is 0 Å². The van der Waals surface area contributed by atoms with Crippen molar-refractivity contribution in [3.05, 3.63) is 36.0 Å². The Hall–Kier alpha value is -2.48. The van der Waals surface area contributed by atoms with Gasteiger partial charge in [-0.1, -0.05) is 19.9 Å². The summed E-state index contributed by atoms with van der Waals surface area (Å²) in [6, 6.07) is 8.02. The van der Waals surface area contributed by atoms with Crippen molar-refractivity contribution < 1.29 is 9.90 Å². The molecule has 0 aliphatic carbocycles. The lowest BCUT2D eigenvalue weighted by Crippen LogP contribution is -2.17. The zero-order chi connectivity index (χ0) is 15.0. The van der Waals surface area contributed by atoms with Gasteiger partial charge in [-0.3, -0.25) is 4.79 Å². The topological polar surface area (TPSA) is 85.2 Å². The molecule has 0 unspecified atom stereocenters. The Morgan fingerprint density at radius 2 is 2.25 bits per heavy atom. The molecule has 0 aliphatic rings. The molecular formula is C15H19N3O2. The van der Waals surface area contributed by atoms with Gasteiger partial charge in [0.15, 0.2) is 0 Å². The van der Waals surface area contributed by atoms with Crippen molar-refractivity contribution >= 4 is 11.6 Å². The summed E-state index contributed by atoms with van der Waals surface area (Å²) >= 11 is 0. The van der Waals surface area contributed by atoms with Gasteiger partial charge in [-0.25, -0.2) is 0 Å². The van der Waals surface area contributed by atoms with Crippen molar-refractivity contribution in [3.8, 4) is 11.8 Å². The average molecular weight is 273 g/mol. The summed E-state index contributed by atoms with van der Waals surface area (Å²) in [6.45, 7) is 4.92. The molecule has 106 valence electrons. The van der Waals surface area contributed by atoms with Gasteiger partial charge < -0.3 is 15.7 Å². The van der Waals surface area contributed by atoms with Gasteiger partial charge in [0.1, 0.15) is 17.4 Å². The van der Waals surface area contributed by atoms with Gasteiger partial charge in [0, 0.05) is 24.5 Å². The Morgan fingerprint density at radius 1 is 1.50 bits per heavy atom. The number of phenolic OH excluding ortho intramolecular Hbond substituents is 1. The van der Waals surface area contributed by atoms with Gasteiger partial charge >= 0.3 is 0 Å². The molecule has 0 fully saturated rings. The summed E-state index contributed by atoms with van der Waals surface area (Å²) in [5.74, 6) is 0.109. The van der Waals surface area contributed by atoms with Crippen LogP contribution >= 0.6 is 0 Å². The monoisotopic (exact) mass is 273 g/mol. The first-order chi connectivity index (χ1) is 9.52. The maximum Gasteiger partial charge on any atom is 0.267 e. The third-order valence-corrected chi connectivity index (χ3v) is 2.58. The Balaban J connectivity index is 2.59. The van der Waals surface area contributed by atoms with Crippen LogP contribution in [0.3, 0.4) is 0 Å². The van der Waals surface area contributed by atoms with Crippen molar-refractivity contribution in [1.82, 2.24) is 5.32 Å². The molecule has 0 bridgehead atoms. The molecule has 0 radical (unpaired) electrons. The third-order valence-electron chi connectivity index (χ3n) is 2.58. The lowest BCUT2D eigenvalue weighted by atomic mass is 10.1. The number of hydrogen-bond acceptors (Lipinski definition) is 4. The van der Waals surface area contributed by atoms with Crippen LogP contribution in [0, 0.1) is 17.2 Å². The SMILES string of the molecule is CC(C)CCN/C=C(/C#N)C(=O)Nc1cccc(O)c1. The second kappa shape index (κ2) is 7.85. The molecule has 0 heterocycles. The molecule has 0 aliphatic heterocycles. The van der Waals surface area contributed by atoms with E-state index in [1.807, 2.05) is 6.07 Å². The molecule has 3 N–H and O–H groups in total. The second-order valence-electron chi connectivity index (χ2n) is 4.81. The molecular weight excluding hydrogens is 254 g/mol. The first-order valence-electron chi connectivity index (χ1n) is 6.47. The highest BCUT2D eigenvalue weighted by molar-refractivity contribution is 6.06. The number of phenols is 1. The van der Waals surface area contributed by atoms with Crippen LogP contribution in [0.2, 0.25) is 0 Å². The molecule has 20 heavy (non-hydrogen) atoms. The number of amides is 1. The Morgan fingerprint density at radius 3 is 2.85 bits per heavy atom. The maximum atomic E-state index is 11.9. The molecule has 0 saturated carbocycles. The fourth-order valence-electron chi connectivity index (χ4n) is 1.48. The van der Waals surface area contributed by atoms with E-state index in [1.54, 1.807) is 12.1 Å². The van der Waals surface area contributed by atoms with Crippen LogP contribution in [0.4, 0.5) is 5.69 Å². The zero-order valence-electron chi connectivity index (χ0n) is 11.7. The van der Waals surface area contributed by atoms with Gasteiger partial charge in [0.2, 0.25) is 0 Å². The fourth-order valence-corrected chi connectivity index (χ4v) is 1.48. The summed E-state index contributed by atoms with van der Waals surface area (Å²) in [4.78, 5) is 11.9. The number of anilines is 1. The highest BCUT2D eigenvalue weighted by Gasteiger charge is 2.09. The Bertz CT molecular complexity index is 530. The molecule has 0 spiro atoms. The zero-order valence-corrected chi connectivity index (χ0v) is 11.7. The number of hydrogen-bond donors (Lipinski definition) is 3. The van der Waals surface area contributed by atoms with Crippen LogP contribution in [0.1, 0.15) is 20.3 Å². The molecule has 1 aromatic rings. The third kappa shape index (κ3) is 5.44. The molecule has 0 atom stereocenters. The lowest BCUT2D eigenvalue weighted by molar-refractivity contribution is -0.112. The van der Waals surface area contributed by atoms with Crippen molar-refractivity contribution in [3.63, 3.8) is 0 Å². The number of rotatable bonds is 6. The van der Waals surface area contributed by atoms with Crippen LogP contribution in [-0.2, 0) is 4.79 Å². The van der Waals surface area contributed by atoms with E-state index in [0.29, 0.717) is 18.2 Å². The maximum absolute atomic E-state index is 11.9. The van der Waals surface area contributed by atoms with Gasteiger partial charge in [-0.05, 0) is 24.5 Å². The van der Waals surface area contributed by atoms with Crippen molar-refractivity contribution in [2.75, 3.05) is 11.9 Å². The van der Waals surface area contributed by atoms with E-state index < -0.39 is 5.91 Å². The van der Waals surface area contributed by atoms with Gasteiger partial charge in [-0.2, -0.15) is 5.26 Å². The molecule has 1 amide bonds. The number of nitriles is 1. The predicted molar refractivity (Wildman–Crippen MR) is 77.9 cm³/mol. The predicted octanol–water partition coefficient (Wildman–Crippen LogP) is 2.37. The van der Waals surface area contributed by atoms with Crippen LogP contribution in [0.15, 0.2) is 36.0 Å². The van der Waals surface area contributed by atoms with Gasteiger partial charge in [0.25, 0.3) is 5.91 Å². The van der Waals surface area contributed by atoms with Crippen molar-refractivity contribution in [2.45, 2.75) is 20.3 Å². The van der Waals surface area contributed by atoms with Crippen LogP contribution in [0.25, 0.3) is 0 Å². The number of nitrogens with one attached hydrogen (secondary N) is 2. The Labute approximate surface area is 118 Å². The van der Waals surface area contributed by atoms with Crippen molar-refractivity contribution in [1.29, 1.82) is 5.26 Å². The molecule has 0 aromatic heterocycles. The summed E-state index contributed by atoms with van der Waals surface area (Å²) in [6.07, 6.45) is 2.38. The summed E-state index contributed by atoms with van der Waals surface area (Å²) < 4.78 is 0. The van der Waals surface area contributed by atoms with E-state index in [0.717, 1.165) is 6.42 Å². The first kappa shape index (κ1) is 15.6. The number of nitrogens with zero attached hydrogens (tertiary/aromatic N) is 1. The summed E-state index contributed by atoms with van der Waals surface area (Å²) in [7, 11) is 0. The minimum absolute atomic E-state index is 0.00269. The minimum atomic E-state index is -0.504. The number of aromatic hydroxyl groups is 1. The lowest BCUT2D eigenvalue weighted by Gasteiger charge is -2.06. The van der Waals surface area contributed by atoms with E-state index in [9.17, 15) is 9.90 Å². The quantitative estimate of drug-likeness (QED) is 0.422. The van der Waals surface area contributed by atoms with E-state index in [1.165, 1.54) is 18.3 Å². The molecule has 5 heteroatoms. The molecule has 0 saturated heterocycles. The van der Waals surface area contributed by atoms with Crippen LogP contribution in [-0.4, -0.2) is 17.6 Å². The Kier molecular flexibility index (Phi) is 6.11. The highest BCUT2D eigenvalue weighted by atomic mass is 16.3. The highest BCUT2D eigenvalue weighted by Crippen LogP contribution is 2.15. The standard InChI is InChI=1S/C15H19N3O2/c1-11(2)6-7-17-10-12(9-16)15(20)18-13-4-3-5-14(19)8-13/h3-5,8,10-11,17,19H,6-7H2,1-2H3,(H,18,20)/b12-10-. The van der Waals surface area contributed by atoms with E-state index in [2.05, 4.69) is 24.5 Å². The van der Waals surface area contributed by atoms with E-state index in [-0.39, 0.29) is 11.3 Å². The van der Waals surface area contributed by atoms with E-state index >= 15 is 0 Å². The van der Waals surface area contributed by atoms with Crippen molar-refractivity contribution in [2.24, 2.45) is 5.92 Å². The van der Waals surface area contributed by atoms with Crippen LogP contribution < -0.4 is 10.6 Å². The molecule has 1 aromatic carbocycles. The minimum Gasteiger partial charge on any atom is -0.508 e. The second-order valence-corrected chi connectivity index (χ2v) is 4.81. The fraction of sp³-hybridized carbons (Fsp3) is 0.333. The van der Waals surface area contributed by atoms with E-state index in [4.69, 9.17) is 5.26 Å². The number of carbonyl (C=O) groups is 1. The van der Waals surface area contributed by atoms with Gasteiger partial charge in [0.05, 0.1) is 0 Å². The normalized spacial score (nSPS) is 11.0. The van der Waals surface area contributed by atoms with Crippen LogP contribution in [0.5, 0.6) is 5.75 Å². The number of carbonyl (C=O) groups excluding carboxylic acids is 1. The average Bonchev–Trinajstić information content (AvgIpc) is 2.38. The summed E-state index contributed by atoms with van der Waals surface area (Å²) in [5, 5.41) is 23.8. The number of benzene rings is 1. The summed E-state index contributed by atoms with van der Waals surface area (Å²) in [5.41, 5.74) is 0.440. The molecule has 1 rings (SSSR count).